The number of likely N-dealkylation sites (tertiary alicyclic amines) is 1. The fourth-order valence-corrected chi connectivity index (χ4v) is 4.00. The van der Waals surface area contributed by atoms with Crippen molar-refractivity contribution in [3.05, 3.63) is 0 Å². The smallest absolute Gasteiger partial charge is 0.0138 e. The van der Waals surface area contributed by atoms with Crippen molar-refractivity contribution in [3.8, 4) is 0 Å². The Morgan fingerprint density at radius 3 is 2.39 bits per heavy atom. The van der Waals surface area contributed by atoms with Crippen molar-refractivity contribution in [2.24, 2.45) is 23.0 Å². The molecule has 2 N–H and O–H groups in total. The molecule has 0 radical (unpaired) electrons. The highest BCUT2D eigenvalue weighted by Crippen LogP contribution is 2.43. The van der Waals surface area contributed by atoms with Gasteiger partial charge in [-0.3, -0.25) is 0 Å². The molecule has 2 aliphatic rings. The Hall–Kier alpha value is -0.0800. The van der Waals surface area contributed by atoms with Gasteiger partial charge in [0.1, 0.15) is 0 Å². The molecule has 1 aliphatic heterocycles. The van der Waals surface area contributed by atoms with Crippen LogP contribution in [0.3, 0.4) is 0 Å². The van der Waals surface area contributed by atoms with E-state index in [1.165, 1.54) is 51.6 Å². The Morgan fingerprint density at radius 2 is 1.83 bits per heavy atom. The molecule has 18 heavy (non-hydrogen) atoms. The SMILES string of the molecule is CCC(C)(C)C1CCC(CN)C(N2CCCC2)C1. The van der Waals surface area contributed by atoms with E-state index in [-0.39, 0.29) is 0 Å². The summed E-state index contributed by atoms with van der Waals surface area (Å²) < 4.78 is 0. The van der Waals surface area contributed by atoms with E-state index < -0.39 is 0 Å². The number of hydrogen-bond acceptors (Lipinski definition) is 2. The summed E-state index contributed by atoms with van der Waals surface area (Å²) in [6.07, 6.45) is 8.24. The van der Waals surface area contributed by atoms with Gasteiger partial charge in [0, 0.05) is 6.04 Å². The first kappa shape index (κ1) is 14.3. The Morgan fingerprint density at radius 1 is 1.17 bits per heavy atom. The van der Waals surface area contributed by atoms with Crippen LogP contribution in [0.25, 0.3) is 0 Å². The van der Waals surface area contributed by atoms with Crippen molar-refractivity contribution in [3.63, 3.8) is 0 Å². The molecule has 1 saturated carbocycles. The number of hydrogen-bond donors (Lipinski definition) is 1. The summed E-state index contributed by atoms with van der Waals surface area (Å²) in [5.74, 6) is 1.66. The predicted octanol–water partition coefficient (Wildman–Crippen LogP) is 3.26. The zero-order chi connectivity index (χ0) is 13.2. The molecule has 2 heteroatoms. The molecular formula is C16H32N2. The second-order valence-corrected chi connectivity index (χ2v) is 7.16. The van der Waals surface area contributed by atoms with Gasteiger partial charge in [-0.05, 0) is 69.0 Å². The maximum absolute atomic E-state index is 6.02. The lowest BCUT2D eigenvalue weighted by atomic mass is 9.65. The highest BCUT2D eigenvalue weighted by atomic mass is 15.2. The van der Waals surface area contributed by atoms with Gasteiger partial charge in [-0.2, -0.15) is 0 Å². The minimum atomic E-state index is 0.511. The third kappa shape index (κ3) is 2.91. The van der Waals surface area contributed by atoms with Gasteiger partial charge in [-0.1, -0.05) is 27.2 Å². The molecule has 0 bridgehead atoms. The maximum Gasteiger partial charge on any atom is 0.0138 e. The van der Waals surface area contributed by atoms with Gasteiger partial charge < -0.3 is 10.6 Å². The zero-order valence-electron chi connectivity index (χ0n) is 12.6. The standard InChI is InChI=1S/C16H32N2/c1-4-16(2,3)14-8-7-13(12-17)15(11-14)18-9-5-6-10-18/h13-15H,4-12,17H2,1-3H3. The van der Waals surface area contributed by atoms with Crippen molar-refractivity contribution in [1.29, 1.82) is 0 Å². The summed E-state index contributed by atoms with van der Waals surface area (Å²) in [4.78, 5) is 2.75. The van der Waals surface area contributed by atoms with Gasteiger partial charge in [-0.15, -0.1) is 0 Å². The predicted molar refractivity (Wildman–Crippen MR) is 78.6 cm³/mol. The molecular weight excluding hydrogens is 220 g/mol. The normalized spacial score (nSPS) is 35.0. The first-order valence-electron chi connectivity index (χ1n) is 8.02. The van der Waals surface area contributed by atoms with Crippen LogP contribution in [-0.4, -0.2) is 30.6 Å². The van der Waals surface area contributed by atoms with E-state index in [9.17, 15) is 0 Å². The highest BCUT2D eigenvalue weighted by Gasteiger charge is 2.39. The van der Waals surface area contributed by atoms with Crippen molar-refractivity contribution in [2.45, 2.75) is 65.3 Å². The Balaban J connectivity index is 2.04. The van der Waals surface area contributed by atoms with Crippen molar-refractivity contribution in [2.75, 3.05) is 19.6 Å². The van der Waals surface area contributed by atoms with Crippen LogP contribution in [0.1, 0.15) is 59.3 Å². The minimum absolute atomic E-state index is 0.511. The lowest BCUT2D eigenvalue weighted by Crippen LogP contribution is -2.47. The lowest BCUT2D eigenvalue weighted by molar-refractivity contribution is 0.0491. The van der Waals surface area contributed by atoms with Crippen LogP contribution in [0.15, 0.2) is 0 Å². The topological polar surface area (TPSA) is 29.3 Å². The van der Waals surface area contributed by atoms with E-state index in [1.807, 2.05) is 0 Å². The first-order valence-corrected chi connectivity index (χ1v) is 8.02. The maximum atomic E-state index is 6.02. The molecule has 0 aromatic rings. The Labute approximate surface area is 113 Å². The summed E-state index contributed by atoms with van der Waals surface area (Å²) in [7, 11) is 0. The van der Waals surface area contributed by atoms with Gasteiger partial charge in [0.15, 0.2) is 0 Å². The van der Waals surface area contributed by atoms with Crippen molar-refractivity contribution >= 4 is 0 Å². The summed E-state index contributed by atoms with van der Waals surface area (Å²) in [5, 5.41) is 0. The molecule has 2 fully saturated rings. The Kier molecular flexibility index (Phi) is 4.71. The van der Waals surface area contributed by atoms with E-state index in [0.29, 0.717) is 5.41 Å². The average molecular weight is 252 g/mol. The van der Waals surface area contributed by atoms with Crippen LogP contribution in [0, 0.1) is 17.3 Å². The quantitative estimate of drug-likeness (QED) is 0.832. The van der Waals surface area contributed by atoms with Crippen molar-refractivity contribution < 1.29 is 0 Å². The summed E-state index contributed by atoms with van der Waals surface area (Å²) in [6.45, 7) is 10.8. The van der Waals surface area contributed by atoms with Crippen LogP contribution in [0.5, 0.6) is 0 Å². The van der Waals surface area contributed by atoms with Gasteiger partial charge >= 0.3 is 0 Å². The zero-order valence-corrected chi connectivity index (χ0v) is 12.6. The number of nitrogens with two attached hydrogens (primary N) is 1. The van der Waals surface area contributed by atoms with Gasteiger partial charge in [0.25, 0.3) is 0 Å². The molecule has 0 spiro atoms. The fourth-order valence-electron chi connectivity index (χ4n) is 4.00. The van der Waals surface area contributed by atoms with Crippen LogP contribution < -0.4 is 5.73 Å². The molecule has 0 aromatic heterocycles. The molecule has 0 aromatic carbocycles. The molecule has 1 saturated heterocycles. The molecule has 106 valence electrons. The van der Waals surface area contributed by atoms with E-state index in [0.717, 1.165) is 24.4 Å². The van der Waals surface area contributed by atoms with Crippen LogP contribution >= 0.6 is 0 Å². The summed E-state index contributed by atoms with van der Waals surface area (Å²) in [5.41, 5.74) is 6.53. The monoisotopic (exact) mass is 252 g/mol. The highest BCUT2D eigenvalue weighted by molar-refractivity contribution is 4.92. The molecule has 0 amide bonds. The molecule has 2 nitrogen and oxygen atoms in total. The van der Waals surface area contributed by atoms with Crippen LogP contribution in [-0.2, 0) is 0 Å². The van der Waals surface area contributed by atoms with Gasteiger partial charge in [-0.25, -0.2) is 0 Å². The first-order chi connectivity index (χ1) is 8.58. The third-order valence-corrected chi connectivity index (χ3v) is 5.88. The van der Waals surface area contributed by atoms with E-state index in [2.05, 4.69) is 25.7 Å². The molecule has 1 heterocycles. The molecule has 3 unspecified atom stereocenters. The van der Waals surface area contributed by atoms with Gasteiger partial charge in [0.2, 0.25) is 0 Å². The second-order valence-electron chi connectivity index (χ2n) is 7.16. The van der Waals surface area contributed by atoms with Crippen molar-refractivity contribution in [1.82, 2.24) is 4.90 Å². The summed E-state index contributed by atoms with van der Waals surface area (Å²) in [6, 6.07) is 0.780. The van der Waals surface area contributed by atoms with Gasteiger partial charge in [0.05, 0.1) is 0 Å². The van der Waals surface area contributed by atoms with E-state index in [1.54, 1.807) is 0 Å². The number of nitrogens with zero attached hydrogens (tertiary/aromatic N) is 1. The third-order valence-electron chi connectivity index (χ3n) is 5.88. The second kappa shape index (κ2) is 5.92. The van der Waals surface area contributed by atoms with Crippen LogP contribution in [0.2, 0.25) is 0 Å². The fraction of sp³-hybridized carbons (Fsp3) is 1.00. The molecule has 1 aliphatic carbocycles. The van der Waals surface area contributed by atoms with Crippen LogP contribution in [0.4, 0.5) is 0 Å². The molecule has 3 atom stereocenters. The largest absolute Gasteiger partial charge is 0.330 e. The van der Waals surface area contributed by atoms with E-state index >= 15 is 0 Å². The minimum Gasteiger partial charge on any atom is -0.330 e. The Bertz CT molecular complexity index is 254. The summed E-state index contributed by atoms with van der Waals surface area (Å²) >= 11 is 0. The average Bonchev–Trinajstić information content (AvgIpc) is 2.91. The molecule has 2 rings (SSSR count). The number of rotatable bonds is 4. The lowest BCUT2D eigenvalue weighted by Gasteiger charge is -2.46. The van der Waals surface area contributed by atoms with E-state index in [4.69, 9.17) is 5.73 Å².